The number of methoxy groups -OCH3 is 1. The zero-order valence-corrected chi connectivity index (χ0v) is 8.60. The van der Waals surface area contributed by atoms with Crippen LogP contribution in [0.2, 0.25) is 0 Å². The van der Waals surface area contributed by atoms with Gasteiger partial charge in [0.1, 0.15) is 5.60 Å². The predicted octanol–water partition coefficient (Wildman–Crippen LogP) is 0.969. The summed E-state index contributed by atoms with van der Waals surface area (Å²) in [7, 11) is 1.56. The molecule has 4 nitrogen and oxygen atoms in total. The van der Waals surface area contributed by atoms with Crippen molar-refractivity contribution in [1.82, 2.24) is 4.98 Å². The number of ether oxygens (including phenoxy) is 1. The second kappa shape index (κ2) is 4.04. The normalized spacial score (nSPS) is 15.6. The average Bonchev–Trinajstić information content (AvgIpc) is 2.52. The third-order valence-corrected chi connectivity index (χ3v) is 2.97. The number of aliphatic hydroxyl groups is 1. The van der Waals surface area contributed by atoms with E-state index < -0.39 is 5.60 Å². The van der Waals surface area contributed by atoms with Crippen LogP contribution in [0.4, 0.5) is 5.13 Å². The number of nitrogens with two attached hydrogens (primary N) is 1. The van der Waals surface area contributed by atoms with E-state index in [1.54, 1.807) is 13.3 Å². The highest BCUT2D eigenvalue weighted by atomic mass is 32.1. The molecule has 0 radical (unpaired) electrons. The molecule has 0 spiro atoms. The molecule has 1 rings (SSSR count). The first-order valence-corrected chi connectivity index (χ1v) is 4.87. The molecule has 1 atom stereocenters. The summed E-state index contributed by atoms with van der Waals surface area (Å²) < 4.78 is 4.95. The Labute approximate surface area is 81.4 Å². The van der Waals surface area contributed by atoms with Crippen molar-refractivity contribution in [1.29, 1.82) is 0 Å². The smallest absolute Gasteiger partial charge is 0.180 e. The molecule has 74 valence electrons. The molecule has 1 aromatic heterocycles. The van der Waals surface area contributed by atoms with Crippen LogP contribution >= 0.6 is 11.3 Å². The minimum atomic E-state index is -0.940. The molecule has 0 fully saturated rings. The van der Waals surface area contributed by atoms with E-state index in [-0.39, 0.29) is 6.61 Å². The van der Waals surface area contributed by atoms with Gasteiger partial charge < -0.3 is 15.6 Å². The lowest BCUT2D eigenvalue weighted by Crippen LogP contribution is -2.29. The first kappa shape index (κ1) is 10.4. The number of aromatic nitrogens is 1. The van der Waals surface area contributed by atoms with Crippen molar-refractivity contribution in [2.45, 2.75) is 18.9 Å². The van der Waals surface area contributed by atoms with Crippen molar-refractivity contribution >= 4 is 16.5 Å². The largest absolute Gasteiger partial charge is 0.382 e. The van der Waals surface area contributed by atoms with E-state index in [4.69, 9.17) is 10.5 Å². The molecule has 1 aromatic rings. The second-order valence-electron chi connectivity index (χ2n) is 2.88. The molecular weight excluding hydrogens is 188 g/mol. The van der Waals surface area contributed by atoms with Gasteiger partial charge in [0.25, 0.3) is 0 Å². The first-order valence-electron chi connectivity index (χ1n) is 4.05. The molecule has 1 unspecified atom stereocenters. The number of hydrogen-bond donors (Lipinski definition) is 2. The van der Waals surface area contributed by atoms with E-state index >= 15 is 0 Å². The quantitative estimate of drug-likeness (QED) is 0.763. The molecule has 3 N–H and O–H groups in total. The Balaban J connectivity index is 2.88. The van der Waals surface area contributed by atoms with Crippen molar-refractivity contribution in [3.63, 3.8) is 0 Å². The fourth-order valence-corrected chi connectivity index (χ4v) is 1.92. The standard InChI is InChI=1S/C8H14N2O2S/c1-3-8(11,5-12-2)6-4-10-7(9)13-6/h4,11H,3,5H2,1-2H3,(H2,9,10). The lowest BCUT2D eigenvalue weighted by Gasteiger charge is -2.23. The highest BCUT2D eigenvalue weighted by Crippen LogP contribution is 2.30. The van der Waals surface area contributed by atoms with E-state index in [0.717, 1.165) is 4.88 Å². The van der Waals surface area contributed by atoms with Gasteiger partial charge >= 0.3 is 0 Å². The summed E-state index contributed by atoms with van der Waals surface area (Å²) in [5.41, 5.74) is 4.54. The molecule has 0 aliphatic carbocycles. The minimum absolute atomic E-state index is 0.269. The Hall–Kier alpha value is -0.650. The zero-order valence-electron chi connectivity index (χ0n) is 7.78. The number of rotatable bonds is 4. The maximum Gasteiger partial charge on any atom is 0.180 e. The van der Waals surface area contributed by atoms with Crippen molar-refractivity contribution < 1.29 is 9.84 Å². The Kier molecular flexibility index (Phi) is 3.24. The van der Waals surface area contributed by atoms with Crippen molar-refractivity contribution in [3.8, 4) is 0 Å². The van der Waals surface area contributed by atoms with E-state index in [2.05, 4.69) is 4.98 Å². The molecule has 0 aliphatic rings. The Morgan fingerprint density at radius 2 is 2.46 bits per heavy atom. The van der Waals surface area contributed by atoms with Crippen LogP contribution in [-0.4, -0.2) is 23.8 Å². The fourth-order valence-electron chi connectivity index (χ4n) is 1.09. The van der Waals surface area contributed by atoms with Crippen LogP contribution in [0, 0.1) is 0 Å². The molecule has 0 saturated heterocycles. The van der Waals surface area contributed by atoms with Crippen LogP contribution in [0.1, 0.15) is 18.2 Å². The molecule has 0 saturated carbocycles. The van der Waals surface area contributed by atoms with Crippen LogP contribution in [-0.2, 0) is 10.3 Å². The molecule has 0 bridgehead atoms. The van der Waals surface area contributed by atoms with E-state index in [9.17, 15) is 5.11 Å². The van der Waals surface area contributed by atoms with Crippen LogP contribution < -0.4 is 5.73 Å². The van der Waals surface area contributed by atoms with E-state index in [0.29, 0.717) is 11.6 Å². The van der Waals surface area contributed by atoms with Gasteiger partial charge in [-0.1, -0.05) is 18.3 Å². The van der Waals surface area contributed by atoms with Crippen LogP contribution in [0.3, 0.4) is 0 Å². The Morgan fingerprint density at radius 1 is 1.77 bits per heavy atom. The number of thiazole rings is 1. The van der Waals surface area contributed by atoms with Gasteiger partial charge in [-0.2, -0.15) is 0 Å². The zero-order chi connectivity index (χ0) is 9.90. The van der Waals surface area contributed by atoms with E-state index in [1.807, 2.05) is 6.92 Å². The van der Waals surface area contributed by atoms with Crippen molar-refractivity contribution in [3.05, 3.63) is 11.1 Å². The highest BCUT2D eigenvalue weighted by molar-refractivity contribution is 7.15. The maximum absolute atomic E-state index is 10.1. The van der Waals surface area contributed by atoms with E-state index in [1.165, 1.54) is 11.3 Å². The van der Waals surface area contributed by atoms with Gasteiger partial charge in [0.15, 0.2) is 5.13 Å². The van der Waals surface area contributed by atoms with Gasteiger partial charge in [-0.05, 0) is 6.42 Å². The lowest BCUT2D eigenvalue weighted by molar-refractivity contribution is -0.0360. The number of hydrogen-bond acceptors (Lipinski definition) is 5. The third kappa shape index (κ3) is 2.18. The van der Waals surface area contributed by atoms with Crippen LogP contribution in [0.25, 0.3) is 0 Å². The van der Waals surface area contributed by atoms with Crippen molar-refractivity contribution in [2.24, 2.45) is 0 Å². The molecule has 0 amide bonds. The molecular formula is C8H14N2O2S. The number of anilines is 1. The first-order chi connectivity index (χ1) is 6.12. The third-order valence-electron chi connectivity index (χ3n) is 1.95. The Morgan fingerprint density at radius 3 is 2.85 bits per heavy atom. The molecule has 5 heteroatoms. The second-order valence-corrected chi connectivity index (χ2v) is 3.94. The van der Waals surface area contributed by atoms with Crippen LogP contribution in [0.5, 0.6) is 0 Å². The summed E-state index contributed by atoms with van der Waals surface area (Å²) in [5.74, 6) is 0. The SMILES string of the molecule is CCC(O)(COC)c1cnc(N)s1. The van der Waals surface area contributed by atoms with Gasteiger partial charge in [-0.25, -0.2) is 4.98 Å². The number of nitrogens with zero attached hydrogens (tertiary/aromatic N) is 1. The van der Waals surface area contributed by atoms with Crippen molar-refractivity contribution in [2.75, 3.05) is 19.5 Å². The molecule has 0 aromatic carbocycles. The van der Waals surface area contributed by atoms with Gasteiger partial charge in [0, 0.05) is 13.3 Å². The number of nitrogen functional groups attached to an aromatic ring is 1. The van der Waals surface area contributed by atoms with Crippen LogP contribution in [0.15, 0.2) is 6.20 Å². The predicted molar refractivity (Wildman–Crippen MR) is 52.6 cm³/mol. The summed E-state index contributed by atoms with van der Waals surface area (Å²) >= 11 is 1.30. The lowest BCUT2D eigenvalue weighted by atomic mass is 10.0. The van der Waals surface area contributed by atoms with Gasteiger partial charge in [-0.3, -0.25) is 0 Å². The summed E-state index contributed by atoms with van der Waals surface area (Å²) in [4.78, 5) is 4.65. The molecule has 13 heavy (non-hydrogen) atoms. The molecule has 1 heterocycles. The molecule has 0 aliphatic heterocycles. The topological polar surface area (TPSA) is 68.4 Å². The van der Waals surface area contributed by atoms with Gasteiger partial charge in [-0.15, -0.1) is 0 Å². The van der Waals surface area contributed by atoms with Gasteiger partial charge in [0.05, 0.1) is 11.5 Å². The summed E-state index contributed by atoms with van der Waals surface area (Å²) in [6.07, 6.45) is 2.19. The summed E-state index contributed by atoms with van der Waals surface area (Å²) in [6.45, 7) is 2.17. The Bertz CT molecular complexity index is 277. The highest BCUT2D eigenvalue weighted by Gasteiger charge is 2.29. The minimum Gasteiger partial charge on any atom is -0.382 e. The maximum atomic E-state index is 10.1. The fraction of sp³-hybridized carbons (Fsp3) is 0.625. The average molecular weight is 202 g/mol. The summed E-state index contributed by atoms with van der Waals surface area (Å²) in [6, 6.07) is 0. The monoisotopic (exact) mass is 202 g/mol. The van der Waals surface area contributed by atoms with Gasteiger partial charge in [0.2, 0.25) is 0 Å². The summed E-state index contributed by atoms with van der Waals surface area (Å²) in [5, 5.41) is 10.6.